The molecule has 6 N–H and O–H groups in total. The van der Waals surface area contributed by atoms with Crippen molar-refractivity contribution >= 4 is 67.1 Å². The van der Waals surface area contributed by atoms with Gasteiger partial charge in [-0.1, -0.05) is 18.2 Å². The minimum atomic E-state index is -2.41. The molecule has 6 rings (SSSR count). The fourth-order valence-corrected chi connectivity index (χ4v) is 7.82. The molecule has 0 spiro atoms. The molecule has 0 radical (unpaired) electrons. The number of fused-ring (bicyclic) bond motifs is 1. The van der Waals surface area contributed by atoms with E-state index in [-0.39, 0.29) is 31.0 Å². The number of rotatable bonds is 12. The van der Waals surface area contributed by atoms with Crippen molar-refractivity contribution in [1.29, 1.82) is 0 Å². The second kappa shape index (κ2) is 18.3. The van der Waals surface area contributed by atoms with Crippen molar-refractivity contribution in [3.63, 3.8) is 0 Å². The summed E-state index contributed by atoms with van der Waals surface area (Å²) in [6, 6.07) is 7.06. The van der Waals surface area contributed by atoms with E-state index in [9.17, 15) is 25.7 Å². The van der Waals surface area contributed by atoms with Crippen LogP contribution in [-0.4, -0.2) is 113 Å². The first-order valence-electron chi connectivity index (χ1n) is 20.5. The molecule has 3 aromatic rings. The highest BCUT2D eigenvalue weighted by Crippen LogP contribution is 2.34. The number of carbonyl (C=O) groups is 4. The second-order valence-corrected chi connectivity index (χ2v) is 14.8. The van der Waals surface area contributed by atoms with Crippen molar-refractivity contribution in [3.8, 4) is 5.75 Å². The lowest BCUT2D eigenvalue weighted by Gasteiger charge is -2.40. The van der Waals surface area contributed by atoms with Crippen molar-refractivity contribution in [2.24, 2.45) is 5.73 Å². The Morgan fingerprint density at radius 2 is 1.67 bits per heavy atom. The topological polar surface area (TPSA) is 176 Å². The Morgan fingerprint density at radius 3 is 2.35 bits per heavy atom. The minimum absolute atomic E-state index is 0.0940. The van der Waals surface area contributed by atoms with Crippen molar-refractivity contribution < 1.29 is 31.1 Å². The number of aromatic hydroxyl groups is 1. The van der Waals surface area contributed by atoms with Crippen LogP contribution in [0.5, 0.6) is 5.75 Å². The van der Waals surface area contributed by atoms with E-state index in [1.807, 2.05) is 12.1 Å². The first kappa shape index (κ1) is 33.0. The smallest absolute Gasteiger partial charge is 0.322 e. The van der Waals surface area contributed by atoms with E-state index in [2.05, 4.69) is 57.7 Å². The van der Waals surface area contributed by atoms with Gasteiger partial charge in [-0.2, -0.15) is 0 Å². The standard InChI is InChI=1S/C38H47Br2N9O5/c39-29-21-25(22-30(40)34(29)50)23-33(45-37(53)48-15-10-28(11-16-48)49-24-26-5-1-2-6-31(26)44-38(49)54)35(51)43-32(7-3-4-12-41)36(52)47-19-17-46(18-20-47)27-8-13-42-14-9-27/h1-2,5-6,8-9,13-14,21-22,28,32-33,50H,3-4,7,10-12,15-20,23-24,41H2,(H,43,51)(H,44,54)(H,45,53)/t32-,33+/m0/s1/i10T,11T,15T,16T,28T/t10?,11?,15?,16?,28?,32-,33+. The number of hydrogen-bond acceptors (Lipinski definition) is 8. The van der Waals surface area contributed by atoms with Crippen molar-refractivity contribution in [3.05, 3.63) is 81.0 Å². The number of halogens is 2. The number of piperazine rings is 1. The number of anilines is 2. The number of phenolic OH excluding ortho intramolecular Hbond substituents is 1. The maximum absolute atomic E-state index is 14.3. The average molecular weight is 880 g/mol. The first-order chi connectivity index (χ1) is 28.1. The number of amides is 6. The van der Waals surface area contributed by atoms with Gasteiger partial charge in [-0.25, -0.2) is 9.59 Å². The summed E-state index contributed by atoms with van der Waals surface area (Å²) in [5, 5.41) is 18.5. The summed E-state index contributed by atoms with van der Waals surface area (Å²) in [7, 11) is 0. The summed E-state index contributed by atoms with van der Waals surface area (Å²) in [6.07, 6.45) is 0.859. The van der Waals surface area contributed by atoms with E-state index in [1.54, 1.807) is 53.7 Å². The Morgan fingerprint density at radius 1 is 0.981 bits per heavy atom. The predicted molar refractivity (Wildman–Crippen MR) is 213 cm³/mol. The molecule has 1 aromatic heterocycles. The average Bonchev–Trinajstić information content (AvgIpc) is 3.23. The molecule has 2 aromatic carbocycles. The highest BCUT2D eigenvalue weighted by molar-refractivity contribution is 9.11. The number of carbonyl (C=O) groups excluding carboxylic acids is 4. The van der Waals surface area contributed by atoms with Crippen LogP contribution in [0.2, 0.25) is 0 Å². The maximum Gasteiger partial charge on any atom is 0.322 e. The van der Waals surface area contributed by atoms with Crippen LogP contribution in [0.1, 0.15) is 50.0 Å². The van der Waals surface area contributed by atoms with Crippen LogP contribution in [0.4, 0.5) is 21.0 Å². The molecule has 3 aliphatic heterocycles. The van der Waals surface area contributed by atoms with Gasteiger partial charge in [-0.3, -0.25) is 14.6 Å². The number of para-hydroxylation sites is 1. The summed E-state index contributed by atoms with van der Waals surface area (Å²) in [6.45, 7) is -1.66. The Balaban J connectivity index is 1.22. The largest absolute Gasteiger partial charge is 0.506 e. The lowest BCUT2D eigenvalue weighted by molar-refractivity contribution is -0.137. The fourth-order valence-electron chi connectivity index (χ4n) is 6.53. The van der Waals surface area contributed by atoms with Crippen molar-refractivity contribution in [2.75, 3.05) is 56.0 Å². The van der Waals surface area contributed by atoms with E-state index in [0.29, 0.717) is 76.2 Å². The molecule has 16 heteroatoms. The molecule has 0 aliphatic carbocycles. The number of nitrogens with one attached hydrogen (secondary N) is 3. The second-order valence-electron chi connectivity index (χ2n) is 13.1. The Labute approximate surface area is 339 Å². The van der Waals surface area contributed by atoms with Gasteiger partial charge in [-0.05, 0) is 112 Å². The van der Waals surface area contributed by atoms with Gasteiger partial charge in [0.15, 0.2) is 0 Å². The summed E-state index contributed by atoms with van der Waals surface area (Å²) in [4.78, 5) is 65.3. The van der Waals surface area contributed by atoms with E-state index < -0.39 is 61.9 Å². The van der Waals surface area contributed by atoms with Crippen LogP contribution < -0.4 is 26.6 Å². The summed E-state index contributed by atoms with van der Waals surface area (Å²) >= 11 is 6.59. The summed E-state index contributed by atoms with van der Waals surface area (Å²) in [5.41, 5.74) is 8.35. The van der Waals surface area contributed by atoms with E-state index >= 15 is 0 Å². The number of likely N-dealkylation sites (tertiary alicyclic amines) is 1. The lowest BCUT2D eigenvalue weighted by Crippen LogP contribution is -2.59. The molecule has 6 amide bonds. The Bertz CT molecular complexity index is 1980. The van der Waals surface area contributed by atoms with Gasteiger partial charge < -0.3 is 46.4 Å². The highest BCUT2D eigenvalue weighted by Gasteiger charge is 2.35. The number of phenols is 1. The molecule has 2 saturated heterocycles. The van der Waals surface area contributed by atoms with Gasteiger partial charge in [0.05, 0.1) is 10.3 Å². The molecule has 288 valence electrons. The predicted octanol–water partition coefficient (Wildman–Crippen LogP) is 4.41. The van der Waals surface area contributed by atoms with E-state index in [0.717, 1.165) is 10.6 Å². The molecular weight excluding hydrogens is 822 g/mol. The molecule has 0 bridgehead atoms. The first-order valence-corrected chi connectivity index (χ1v) is 19.3. The zero-order valence-corrected chi connectivity index (χ0v) is 32.6. The van der Waals surface area contributed by atoms with Crippen LogP contribution >= 0.6 is 31.9 Å². The number of hydrogen-bond donors (Lipinski definition) is 5. The highest BCUT2D eigenvalue weighted by atomic mass is 79.9. The third kappa shape index (κ3) is 9.63. The number of pyridine rings is 1. The number of nitrogens with two attached hydrogens (primary N) is 1. The van der Waals surface area contributed by atoms with E-state index in [4.69, 9.17) is 11.2 Å². The van der Waals surface area contributed by atoms with Gasteiger partial charge in [0.2, 0.25) is 11.8 Å². The Kier molecular flexibility index (Phi) is 11.2. The third-order valence-electron chi connectivity index (χ3n) is 9.50. The monoisotopic (exact) mass is 877 g/mol. The SMILES string of the molecule is [3H]C1C([3H])C([3H])(N2Cc3ccccc3NC2=O)C([3H])C([3H])N1C(=O)N[C@H](Cc1cc(Br)c(O)c(Br)c1)C(=O)N[C@@H](CCCCN)C(=O)N1CCN(c2ccncc2)CC1. The van der Waals surface area contributed by atoms with Crippen molar-refractivity contribution in [2.45, 2.75) is 63.1 Å². The van der Waals surface area contributed by atoms with Crippen LogP contribution in [0.3, 0.4) is 0 Å². The molecular formula is C38H47Br2N9O5. The molecule has 6 atom stereocenters. The lowest BCUT2D eigenvalue weighted by atomic mass is 10.0. The van der Waals surface area contributed by atoms with Crippen LogP contribution in [0.25, 0.3) is 0 Å². The fraction of sp³-hybridized carbons (Fsp3) is 0.447. The molecule has 14 nitrogen and oxygen atoms in total. The molecule has 54 heavy (non-hydrogen) atoms. The Hall–Kier alpha value is -4.41. The van der Waals surface area contributed by atoms with Gasteiger partial charge in [0.1, 0.15) is 17.8 Å². The van der Waals surface area contributed by atoms with Crippen LogP contribution in [0.15, 0.2) is 69.9 Å². The quantitative estimate of drug-likeness (QED) is 0.166. The van der Waals surface area contributed by atoms with Gasteiger partial charge in [0.25, 0.3) is 0 Å². The number of benzene rings is 2. The maximum atomic E-state index is 14.3. The number of urea groups is 2. The molecule has 2 fully saturated rings. The van der Waals surface area contributed by atoms with E-state index in [1.165, 1.54) is 0 Å². The number of piperidine rings is 1. The minimum Gasteiger partial charge on any atom is -0.506 e. The van der Waals surface area contributed by atoms with Crippen molar-refractivity contribution in [1.82, 2.24) is 30.3 Å². The number of aromatic nitrogens is 1. The zero-order chi connectivity index (χ0) is 42.6. The normalized spacial score (nSPS) is 26.5. The molecule has 3 aliphatic rings. The molecule has 4 unspecified atom stereocenters. The number of nitrogens with zero attached hydrogens (tertiary/aromatic N) is 5. The summed E-state index contributed by atoms with van der Waals surface area (Å²) < 4.78 is 45.8. The third-order valence-corrected chi connectivity index (χ3v) is 10.7. The van der Waals surface area contributed by atoms with Crippen LogP contribution in [-0.2, 0) is 22.6 Å². The van der Waals surface area contributed by atoms with Gasteiger partial charge >= 0.3 is 12.1 Å². The zero-order valence-electron chi connectivity index (χ0n) is 34.5. The van der Waals surface area contributed by atoms with Gasteiger partial charge in [-0.15, -0.1) is 0 Å². The van der Waals surface area contributed by atoms with Crippen LogP contribution in [0, 0.1) is 0 Å². The van der Waals surface area contributed by atoms with Gasteiger partial charge in [0, 0.05) is 87.5 Å². The molecule has 4 heterocycles. The number of unbranched alkanes of at least 4 members (excludes halogenated alkanes) is 1. The molecule has 0 saturated carbocycles. The summed E-state index contributed by atoms with van der Waals surface area (Å²) in [5.74, 6) is -1.14.